The normalized spacial score (nSPS) is 10.1. The quantitative estimate of drug-likeness (QED) is 0.732. The van der Waals surface area contributed by atoms with Gasteiger partial charge in [0.1, 0.15) is 0 Å². The highest BCUT2D eigenvalue weighted by Gasteiger charge is 2.15. The number of hydrogen-bond acceptors (Lipinski definition) is 4. The number of carbonyl (C=O) groups excluding carboxylic acids is 3. The van der Waals surface area contributed by atoms with E-state index in [-0.39, 0.29) is 30.8 Å². The van der Waals surface area contributed by atoms with Gasteiger partial charge in [-0.05, 0) is 30.5 Å². The molecule has 0 radical (unpaired) electrons. The van der Waals surface area contributed by atoms with E-state index in [0.717, 1.165) is 4.90 Å². The Morgan fingerprint density at radius 3 is 2.35 bits per heavy atom. The highest BCUT2D eigenvalue weighted by atomic mass is 32.2. The van der Waals surface area contributed by atoms with Crippen molar-refractivity contribution in [1.29, 1.82) is 0 Å². The minimum Gasteiger partial charge on any atom is -0.343 e. The van der Waals surface area contributed by atoms with E-state index in [4.69, 9.17) is 0 Å². The van der Waals surface area contributed by atoms with Gasteiger partial charge in [-0.2, -0.15) is 0 Å². The summed E-state index contributed by atoms with van der Waals surface area (Å²) in [7, 11) is 1.52. The Balaban J connectivity index is 1.82. The third-order valence-corrected chi connectivity index (χ3v) is 4.42. The molecule has 2 aromatic rings. The molecule has 0 saturated carbocycles. The van der Waals surface area contributed by atoms with Gasteiger partial charge in [-0.3, -0.25) is 14.4 Å². The summed E-state index contributed by atoms with van der Waals surface area (Å²) in [6, 6.07) is 16.1. The number of amides is 3. The standard InChI is InChI=1S/C19H21N3O3S/c1-22(13-17(23)21-15-10-6-7-11-16(15)26-2)18(24)12-20-19(25)14-8-4-3-5-9-14/h3-11H,12-13H2,1-2H3,(H,20,25)(H,21,23). The van der Waals surface area contributed by atoms with Crippen molar-refractivity contribution in [2.45, 2.75) is 4.90 Å². The Bertz CT molecular complexity index is 781. The summed E-state index contributed by atoms with van der Waals surface area (Å²) in [5.74, 6) is -0.968. The Morgan fingerprint density at radius 2 is 1.65 bits per heavy atom. The minimum absolute atomic E-state index is 0.0945. The zero-order valence-electron chi connectivity index (χ0n) is 14.7. The van der Waals surface area contributed by atoms with Crippen molar-refractivity contribution in [2.24, 2.45) is 0 Å². The van der Waals surface area contributed by atoms with E-state index in [1.54, 1.807) is 24.3 Å². The van der Waals surface area contributed by atoms with Crippen molar-refractivity contribution >= 4 is 35.2 Å². The van der Waals surface area contributed by atoms with Gasteiger partial charge in [-0.15, -0.1) is 11.8 Å². The number of benzene rings is 2. The number of rotatable bonds is 7. The van der Waals surface area contributed by atoms with Crippen molar-refractivity contribution in [3.05, 3.63) is 60.2 Å². The van der Waals surface area contributed by atoms with Gasteiger partial charge in [0, 0.05) is 17.5 Å². The smallest absolute Gasteiger partial charge is 0.251 e. The van der Waals surface area contributed by atoms with Gasteiger partial charge >= 0.3 is 0 Å². The van der Waals surface area contributed by atoms with E-state index in [1.807, 2.05) is 36.6 Å². The van der Waals surface area contributed by atoms with E-state index < -0.39 is 0 Å². The Hall–Kier alpha value is -2.80. The first-order valence-corrected chi connectivity index (χ1v) is 9.24. The molecule has 26 heavy (non-hydrogen) atoms. The van der Waals surface area contributed by atoms with Crippen LogP contribution in [0.25, 0.3) is 0 Å². The summed E-state index contributed by atoms with van der Waals surface area (Å²) in [6.07, 6.45) is 1.93. The van der Waals surface area contributed by atoms with Gasteiger partial charge in [0.25, 0.3) is 5.91 Å². The first-order chi connectivity index (χ1) is 12.5. The molecule has 0 spiro atoms. The molecule has 0 fully saturated rings. The zero-order chi connectivity index (χ0) is 18.9. The Kier molecular flexibility index (Phi) is 7.23. The zero-order valence-corrected chi connectivity index (χ0v) is 15.5. The molecule has 0 aliphatic rings. The average Bonchev–Trinajstić information content (AvgIpc) is 2.66. The van der Waals surface area contributed by atoms with Gasteiger partial charge in [-0.25, -0.2) is 0 Å². The number of carbonyl (C=O) groups is 3. The topological polar surface area (TPSA) is 78.5 Å². The highest BCUT2D eigenvalue weighted by molar-refractivity contribution is 7.98. The molecule has 136 valence electrons. The van der Waals surface area contributed by atoms with E-state index in [2.05, 4.69) is 10.6 Å². The molecule has 0 unspecified atom stereocenters. The van der Waals surface area contributed by atoms with Crippen LogP contribution in [-0.4, -0.2) is 49.0 Å². The average molecular weight is 371 g/mol. The highest BCUT2D eigenvalue weighted by Crippen LogP contribution is 2.24. The van der Waals surface area contributed by atoms with E-state index in [0.29, 0.717) is 11.3 Å². The summed E-state index contributed by atoms with van der Waals surface area (Å²) in [4.78, 5) is 38.4. The molecule has 2 aromatic carbocycles. The van der Waals surface area contributed by atoms with Gasteiger partial charge in [-0.1, -0.05) is 30.3 Å². The fraction of sp³-hybridized carbons (Fsp3) is 0.211. The second kappa shape index (κ2) is 9.62. The number of para-hydroxylation sites is 1. The summed E-state index contributed by atoms with van der Waals surface area (Å²) in [5, 5.41) is 5.35. The molecule has 0 saturated heterocycles. The van der Waals surface area contributed by atoms with Crippen LogP contribution in [0, 0.1) is 0 Å². The van der Waals surface area contributed by atoms with E-state index in [1.165, 1.54) is 23.7 Å². The molecule has 0 aromatic heterocycles. The molecule has 0 aliphatic carbocycles. The maximum atomic E-state index is 12.2. The fourth-order valence-electron chi connectivity index (χ4n) is 2.22. The van der Waals surface area contributed by atoms with Crippen molar-refractivity contribution in [3.63, 3.8) is 0 Å². The number of likely N-dealkylation sites (N-methyl/N-ethyl adjacent to an activating group) is 1. The first kappa shape index (κ1) is 19.5. The molecule has 2 N–H and O–H groups in total. The molecule has 0 heterocycles. The van der Waals surface area contributed by atoms with Crippen LogP contribution in [0.5, 0.6) is 0 Å². The predicted molar refractivity (Wildman–Crippen MR) is 103 cm³/mol. The number of thioether (sulfide) groups is 1. The molecular formula is C19H21N3O3S. The second-order valence-corrected chi connectivity index (χ2v) is 6.40. The van der Waals surface area contributed by atoms with Crippen molar-refractivity contribution in [3.8, 4) is 0 Å². The SMILES string of the molecule is CSc1ccccc1NC(=O)CN(C)C(=O)CNC(=O)c1ccccc1. The van der Waals surface area contributed by atoms with Crippen molar-refractivity contribution in [2.75, 3.05) is 31.7 Å². The van der Waals surface area contributed by atoms with Crippen LogP contribution >= 0.6 is 11.8 Å². The molecule has 3 amide bonds. The third kappa shape index (κ3) is 5.63. The van der Waals surface area contributed by atoms with Crippen LogP contribution in [0.4, 0.5) is 5.69 Å². The van der Waals surface area contributed by atoms with Crippen molar-refractivity contribution < 1.29 is 14.4 Å². The molecule has 0 bridgehead atoms. The second-order valence-electron chi connectivity index (χ2n) is 5.55. The van der Waals surface area contributed by atoms with Gasteiger partial charge in [0.05, 0.1) is 18.8 Å². The van der Waals surface area contributed by atoms with Crippen LogP contribution in [0.2, 0.25) is 0 Å². The summed E-state index contributed by atoms with van der Waals surface area (Å²) >= 11 is 1.53. The van der Waals surface area contributed by atoms with Crippen molar-refractivity contribution in [1.82, 2.24) is 10.2 Å². The number of nitrogens with one attached hydrogen (secondary N) is 2. The lowest BCUT2D eigenvalue weighted by atomic mass is 10.2. The van der Waals surface area contributed by atoms with Crippen LogP contribution in [0.15, 0.2) is 59.5 Å². The summed E-state index contributed by atoms with van der Waals surface area (Å²) in [5.41, 5.74) is 1.19. The van der Waals surface area contributed by atoms with Crippen LogP contribution in [0.1, 0.15) is 10.4 Å². The predicted octanol–water partition coefficient (Wildman–Crippen LogP) is 2.24. The number of anilines is 1. The Morgan fingerprint density at radius 1 is 1.00 bits per heavy atom. The number of hydrogen-bond donors (Lipinski definition) is 2. The molecule has 0 aliphatic heterocycles. The van der Waals surface area contributed by atoms with Gasteiger partial charge < -0.3 is 15.5 Å². The van der Waals surface area contributed by atoms with Crippen LogP contribution in [-0.2, 0) is 9.59 Å². The molecule has 2 rings (SSSR count). The molecular weight excluding hydrogens is 350 g/mol. The van der Waals surface area contributed by atoms with E-state index >= 15 is 0 Å². The van der Waals surface area contributed by atoms with Gasteiger partial charge in [0.2, 0.25) is 11.8 Å². The van der Waals surface area contributed by atoms with Gasteiger partial charge in [0.15, 0.2) is 0 Å². The van der Waals surface area contributed by atoms with E-state index in [9.17, 15) is 14.4 Å². The maximum absolute atomic E-state index is 12.2. The third-order valence-electron chi connectivity index (χ3n) is 3.62. The lowest BCUT2D eigenvalue weighted by Gasteiger charge is -2.18. The Labute approximate surface area is 157 Å². The summed E-state index contributed by atoms with van der Waals surface area (Å²) < 4.78 is 0. The minimum atomic E-state index is -0.345. The van der Waals surface area contributed by atoms with Crippen LogP contribution in [0.3, 0.4) is 0 Å². The fourth-order valence-corrected chi connectivity index (χ4v) is 2.78. The van der Waals surface area contributed by atoms with Crippen LogP contribution < -0.4 is 10.6 Å². The molecule has 7 heteroatoms. The largest absolute Gasteiger partial charge is 0.343 e. The number of nitrogens with zero attached hydrogens (tertiary/aromatic N) is 1. The lowest BCUT2D eigenvalue weighted by molar-refractivity contribution is -0.132. The maximum Gasteiger partial charge on any atom is 0.251 e. The summed E-state index contributed by atoms with van der Waals surface area (Å²) in [6.45, 7) is -0.262. The lowest BCUT2D eigenvalue weighted by Crippen LogP contribution is -2.41. The first-order valence-electron chi connectivity index (χ1n) is 8.01. The molecule has 0 atom stereocenters. The monoisotopic (exact) mass is 371 g/mol. The molecule has 6 nitrogen and oxygen atoms in total.